The summed E-state index contributed by atoms with van der Waals surface area (Å²) in [6, 6.07) is 9.43. The predicted molar refractivity (Wildman–Crippen MR) is 98.1 cm³/mol. The first-order chi connectivity index (χ1) is 12.5. The fraction of sp³-hybridized carbons (Fsp3) is 0.316. The number of carbonyl (C=O) groups is 2. The average Bonchev–Trinajstić information content (AvgIpc) is 3.27. The smallest absolute Gasteiger partial charge is 0.271 e. The maximum Gasteiger partial charge on any atom is 0.271 e. The maximum absolute atomic E-state index is 12.5. The first kappa shape index (κ1) is 16.4. The van der Waals surface area contributed by atoms with Crippen LogP contribution >= 0.6 is 0 Å². The zero-order valence-corrected chi connectivity index (χ0v) is 14.7. The lowest BCUT2D eigenvalue weighted by atomic mass is 10.1. The van der Waals surface area contributed by atoms with E-state index in [1.165, 1.54) is 0 Å². The summed E-state index contributed by atoms with van der Waals surface area (Å²) in [5, 5.41) is 11.3. The highest BCUT2D eigenvalue weighted by molar-refractivity contribution is 5.98. The molecule has 1 atom stereocenters. The second-order valence-corrected chi connectivity index (χ2v) is 6.99. The summed E-state index contributed by atoms with van der Waals surface area (Å²) in [5.74, 6) is -0.267. The molecule has 0 saturated heterocycles. The summed E-state index contributed by atoms with van der Waals surface area (Å²) < 4.78 is 1.80. The third-order valence-corrected chi connectivity index (χ3v) is 4.52. The van der Waals surface area contributed by atoms with Gasteiger partial charge in [0.15, 0.2) is 0 Å². The minimum Gasteiger partial charge on any atom is -0.361 e. The Labute approximate surface area is 150 Å². The van der Waals surface area contributed by atoms with Gasteiger partial charge in [0, 0.05) is 35.4 Å². The van der Waals surface area contributed by atoms with Crippen LogP contribution in [0.5, 0.6) is 0 Å². The lowest BCUT2D eigenvalue weighted by molar-refractivity contribution is 0.0924. The lowest BCUT2D eigenvalue weighted by Gasteiger charge is -2.12. The molecule has 1 aromatic carbocycles. The van der Waals surface area contributed by atoms with Gasteiger partial charge >= 0.3 is 0 Å². The van der Waals surface area contributed by atoms with Crippen LogP contribution in [0.1, 0.15) is 40.4 Å². The lowest BCUT2D eigenvalue weighted by Crippen LogP contribution is -2.36. The Kier molecular flexibility index (Phi) is 3.99. The minimum atomic E-state index is -0.165. The van der Waals surface area contributed by atoms with Crippen LogP contribution in [-0.4, -0.2) is 38.7 Å². The van der Waals surface area contributed by atoms with Crippen molar-refractivity contribution >= 4 is 22.7 Å². The average molecular weight is 351 g/mol. The van der Waals surface area contributed by atoms with Crippen LogP contribution in [0, 0.1) is 0 Å². The number of nitrogens with zero attached hydrogens (tertiary/aromatic N) is 2. The molecule has 2 aromatic heterocycles. The number of aromatic nitrogens is 3. The maximum atomic E-state index is 12.5. The van der Waals surface area contributed by atoms with Gasteiger partial charge in [0.25, 0.3) is 11.8 Å². The molecule has 0 bridgehead atoms. The number of rotatable bonds is 4. The fourth-order valence-corrected chi connectivity index (χ4v) is 3.31. The van der Waals surface area contributed by atoms with E-state index in [9.17, 15) is 9.59 Å². The van der Waals surface area contributed by atoms with Crippen molar-refractivity contribution in [3.05, 3.63) is 53.5 Å². The van der Waals surface area contributed by atoms with E-state index in [1.54, 1.807) is 10.7 Å². The van der Waals surface area contributed by atoms with E-state index in [-0.39, 0.29) is 23.9 Å². The van der Waals surface area contributed by atoms with Crippen molar-refractivity contribution in [2.75, 3.05) is 0 Å². The quantitative estimate of drug-likeness (QED) is 0.670. The molecule has 7 heteroatoms. The van der Waals surface area contributed by atoms with Crippen molar-refractivity contribution in [3.8, 4) is 0 Å². The molecule has 0 saturated carbocycles. The molecule has 26 heavy (non-hydrogen) atoms. The molecule has 3 N–H and O–H groups in total. The van der Waals surface area contributed by atoms with Gasteiger partial charge in [-0.25, -0.2) is 0 Å². The number of hydrogen-bond donors (Lipinski definition) is 3. The summed E-state index contributed by atoms with van der Waals surface area (Å²) in [5.41, 5.74) is 2.96. The Morgan fingerprint density at radius 1 is 1.23 bits per heavy atom. The largest absolute Gasteiger partial charge is 0.361 e. The topological polar surface area (TPSA) is 91.8 Å². The number of amides is 2. The van der Waals surface area contributed by atoms with Crippen LogP contribution < -0.4 is 10.6 Å². The van der Waals surface area contributed by atoms with Crippen LogP contribution in [0.25, 0.3) is 10.9 Å². The molecule has 0 aliphatic carbocycles. The number of nitrogens with one attached hydrogen (secondary N) is 3. The fourth-order valence-electron chi connectivity index (χ4n) is 3.31. The van der Waals surface area contributed by atoms with Gasteiger partial charge in [-0.3, -0.25) is 14.3 Å². The Bertz CT molecular complexity index is 961. The van der Waals surface area contributed by atoms with Gasteiger partial charge in [-0.05, 0) is 43.5 Å². The summed E-state index contributed by atoms with van der Waals surface area (Å²) in [6.45, 7) is 4.40. The van der Waals surface area contributed by atoms with E-state index < -0.39 is 0 Å². The molecule has 3 heterocycles. The molecular weight excluding hydrogens is 330 g/mol. The van der Waals surface area contributed by atoms with Crippen LogP contribution in [0.15, 0.2) is 36.5 Å². The molecule has 1 unspecified atom stereocenters. The van der Waals surface area contributed by atoms with Crippen LogP contribution in [0.4, 0.5) is 0 Å². The monoisotopic (exact) mass is 351 g/mol. The Hall–Kier alpha value is -3.09. The first-order valence-corrected chi connectivity index (χ1v) is 8.75. The minimum absolute atomic E-state index is 0.0217. The zero-order chi connectivity index (χ0) is 18.3. The molecule has 1 aliphatic rings. The normalized spacial score (nSPS) is 16.0. The van der Waals surface area contributed by atoms with E-state index in [0.29, 0.717) is 24.2 Å². The van der Waals surface area contributed by atoms with Gasteiger partial charge in [0.1, 0.15) is 5.69 Å². The molecule has 0 fully saturated rings. The number of benzene rings is 1. The van der Waals surface area contributed by atoms with Gasteiger partial charge in [0.05, 0.1) is 12.6 Å². The van der Waals surface area contributed by atoms with Gasteiger partial charge in [-0.2, -0.15) is 5.10 Å². The van der Waals surface area contributed by atoms with Gasteiger partial charge in [-0.15, -0.1) is 0 Å². The van der Waals surface area contributed by atoms with E-state index in [4.69, 9.17) is 0 Å². The van der Waals surface area contributed by atoms with Crippen LogP contribution in [0.3, 0.4) is 0 Å². The van der Waals surface area contributed by atoms with Gasteiger partial charge < -0.3 is 15.6 Å². The first-order valence-electron chi connectivity index (χ1n) is 8.75. The molecule has 4 rings (SSSR count). The van der Waals surface area contributed by atoms with Crippen molar-refractivity contribution in [1.82, 2.24) is 25.4 Å². The van der Waals surface area contributed by atoms with Crippen LogP contribution in [0.2, 0.25) is 0 Å². The third kappa shape index (κ3) is 3.08. The number of H-pyrrole nitrogens is 1. The molecule has 7 nitrogen and oxygen atoms in total. The highest BCUT2D eigenvalue weighted by Crippen LogP contribution is 2.18. The molecule has 2 amide bonds. The van der Waals surface area contributed by atoms with Crippen molar-refractivity contribution in [2.24, 2.45) is 0 Å². The molecule has 134 valence electrons. The van der Waals surface area contributed by atoms with E-state index >= 15 is 0 Å². The number of fused-ring (bicyclic) bond motifs is 2. The summed E-state index contributed by atoms with van der Waals surface area (Å²) >= 11 is 0. The Morgan fingerprint density at radius 3 is 2.85 bits per heavy atom. The SMILES string of the molecule is CC(C)NC(=O)c1cc2n(n1)CC(NC(=O)c1ccc3cc[nH]c3c1)C2. The molecule has 1 aliphatic heterocycles. The Morgan fingerprint density at radius 2 is 2.08 bits per heavy atom. The number of carbonyl (C=O) groups excluding carboxylic acids is 2. The predicted octanol–water partition coefficient (Wildman–Crippen LogP) is 1.86. The van der Waals surface area contributed by atoms with Gasteiger partial charge in [0.2, 0.25) is 0 Å². The number of aromatic amines is 1. The van der Waals surface area contributed by atoms with Gasteiger partial charge in [-0.1, -0.05) is 6.07 Å². The molecular formula is C19H21N5O2. The third-order valence-electron chi connectivity index (χ3n) is 4.52. The van der Waals surface area contributed by atoms with Crippen molar-refractivity contribution in [3.63, 3.8) is 0 Å². The second kappa shape index (κ2) is 6.33. The van der Waals surface area contributed by atoms with E-state index in [2.05, 4.69) is 20.7 Å². The van der Waals surface area contributed by atoms with E-state index in [1.807, 2.05) is 44.3 Å². The van der Waals surface area contributed by atoms with E-state index in [0.717, 1.165) is 16.6 Å². The van der Waals surface area contributed by atoms with Crippen molar-refractivity contribution in [2.45, 2.75) is 38.9 Å². The molecule has 3 aromatic rings. The highest BCUT2D eigenvalue weighted by atomic mass is 16.2. The van der Waals surface area contributed by atoms with Crippen molar-refractivity contribution < 1.29 is 9.59 Å². The standard InChI is InChI=1S/C19H21N5O2/c1-11(2)21-19(26)17-9-15-8-14(10-24(15)23-17)22-18(25)13-4-3-12-5-6-20-16(12)7-13/h3-7,9,11,14,20H,8,10H2,1-2H3,(H,21,26)(H,22,25). The highest BCUT2D eigenvalue weighted by Gasteiger charge is 2.26. The summed E-state index contributed by atoms with van der Waals surface area (Å²) in [6.07, 6.45) is 2.52. The number of hydrogen-bond acceptors (Lipinski definition) is 3. The summed E-state index contributed by atoms with van der Waals surface area (Å²) in [7, 11) is 0. The molecule has 0 spiro atoms. The van der Waals surface area contributed by atoms with Crippen LogP contribution in [-0.2, 0) is 13.0 Å². The van der Waals surface area contributed by atoms with Crippen molar-refractivity contribution in [1.29, 1.82) is 0 Å². The Balaban J connectivity index is 1.41. The summed E-state index contributed by atoms with van der Waals surface area (Å²) in [4.78, 5) is 27.7. The second-order valence-electron chi connectivity index (χ2n) is 6.99. The molecule has 0 radical (unpaired) electrons. The zero-order valence-electron chi connectivity index (χ0n) is 14.7.